The fraction of sp³-hybridized carbons (Fsp3) is 0.158. The third-order valence-electron chi connectivity index (χ3n) is 4.37. The Morgan fingerprint density at radius 2 is 1.67 bits per heavy atom. The molecule has 0 saturated carbocycles. The van der Waals surface area contributed by atoms with Crippen molar-refractivity contribution in [1.29, 1.82) is 0 Å². The van der Waals surface area contributed by atoms with E-state index in [1.807, 2.05) is 0 Å². The maximum absolute atomic E-state index is 3.64. The van der Waals surface area contributed by atoms with E-state index in [1.54, 1.807) is 0 Å². The van der Waals surface area contributed by atoms with Gasteiger partial charge in [-0.05, 0) is 35.1 Å². The minimum absolute atomic E-state index is 0.642. The van der Waals surface area contributed by atoms with Gasteiger partial charge in [0.1, 0.15) is 0 Å². The maximum atomic E-state index is 3.64. The Labute approximate surface area is 133 Å². The average Bonchev–Trinajstić information content (AvgIpc) is 2.50. The number of halogens is 1. The fourth-order valence-electron chi connectivity index (χ4n) is 3.19. The lowest BCUT2D eigenvalue weighted by molar-refractivity contribution is 0.636. The topological polar surface area (TPSA) is 12.0 Å². The molecule has 0 radical (unpaired) electrons. The summed E-state index contributed by atoms with van der Waals surface area (Å²) in [5, 5.41) is 6.17. The zero-order valence-corrected chi connectivity index (χ0v) is 13.2. The second kappa shape index (κ2) is 5.19. The number of hydrogen-bond acceptors (Lipinski definition) is 1. The molecule has 0 spiro atoms. The van der Waals surface area contributed by atoms with E-state index in [0.717, 1.165) is 11.0 Å². The molecule has 3 aromatic carbocycles. The minimum atomic E-state index is 0.642. The Bertz CT molecular complexity index is 810. The van der Waals surface area contributed by atoms with Gasteiger partial charge in [0.15, 0.2) is 0 Å². The van der Waals surface area contributed by atoms with Gasteiger partial charge < -0.3 is 5.32 Å². The van der Waals surface area contributed by atoms with Crippen LogP contribution < -0.4 is 5.32 Å². The van der Waals surface area contributed by atoms with Crippen molar-refractivity contribution in [2.24, 2.45) is 0 Å². The Morgan fingerprint density at radius 1 is 0.905 bits per heavy atom. The van der Waals surface area contributed by atoms with Crippen LogP contribution in [-0.4, -0.2) is 6.54 Å². The molecule has 1 atom stereocenters. The molecule has 1 unspecified atom stereocenters. The minimum Gasteiger partial charge on any atom is -0.384 e. The highest BCUT2D eigenvalue weighted by Gasteiger charge is 2.24. The third kappa shape index (κ3) is 2.24. The molecular formula is C19H16BrN. The first-order valence-corrected chi connectivity index (χ1v) is 8.11. The Kier molecular flexibility index (Phi) is 3.19. The van der Waals surface area contributed by atoms with Crippen LogP contribution in [0.4, 0.5) is 5.69 Å². The van der Waals surface area contributed by atoms with E-state index in [2.05, 4.69) is 81.9 Å². The van der Waals surface area contributed by atoms with Crippen molar-refractivity contribution >= 4 is 32.4 Å². The number of hydrogen-bond donors (Lipinski definition) is 1. The molecule has 0 amide bonds. The smallest absolute Gasteiger partial charge is 0.0420 e. The molecule has 3 aromatic rings. The molecule has 0 fully saturated rings. The van der Waals surface area contributed by atoms with Crippen LogP contribution >= 0.6 is 15.9 Å². The maximum Gasteiger partial charge on any atom is 0.0420 e. The van der Waals surface area contributed by atoms with Crippen LogP contribution in [0.2, 0.25) is 0 Å². The van der Waals surface area contributed by atoms with Crippen LogP contribution in [-0.2, 0) is 6.42 Å². The summed E-state index contributed by atoms with van der Waals surface area (Å²) >= 11 is 3.63. The zero-order valence-electron chi connectivity index (χ0n) is 11.6. The second-order valence-corrected chi connectivity index (χ2v) is 6.48. The van der Waals surface area contributed by atoms with Crippen molar-refractivity contribution in [2.75, 3.05) is 11.9 Å². The lowest BCUT2D eigenvalue weighted by Gasteiger charge is -2.30. The van der Waals surface area contributed by atoms with E-state index in [1.165, 1.54) is 34.0 Å². The van der Waals surface area contributed by atoms with E-state index >= 15 is 0 Å². The standard InChI is InChI=1S/C19H16BrN/c20-18-9-10-19(17-8-4-3-7-16(17)18)21-12-14-11-13-5-1-2-6-15(13)14/h1-10,14,21H,11-12H2. The number of anilines is 1. The van der Waals surface area contributed by atoms with E-state index in [-0.39, 0.29) is 0 Å². The van der Waals surface area contributed by atoms with E-state index in [0.29, 0.717) is 5.92 Å². The second-order valence-electron chi connectivity index (χ2n) is 5.62. The number of benzene rings is 3. The highest BCUT2D eigenvalue weighted by Crippen LogP contribution is 2.36. The summed E-state index contributed by atoms with van der Waals surface area (Å²) in [4.78, 5) is 0. The summed E-state index contributed by atoms with van der Waals surface area (Å²) in [6, 6.07) is 21.6. The molecule has 2 heteroatoms. The molecule has 0 saturated heterocycles. The quantitative estimate of drug-likeness (QED) is 0.678. The van der Waals surface area contributed by atoms with Crippen LogP contribution in [0.25, 0.3) is 10.8 Å². The van der Waals surface area contributed by atoms with Crippen LogP contribution in [0, 0.1) is 0 Å². The first-order chi connectivity index (χ1) is 10.3. The molecule has 1 aliphatic rings. The number of fused-ring (bicyclic) bond motifs is 2. The van der Waals surface area contributed by atoms with Gasteiger partial charge in [-0.3, -0.25) is 0 Å². The largest absolute Gasteiger partial charge is 0.384 e. The SMILES string of the molecule is Brc1ccc(NCC2Cc3ccccc32)c2ccccc12. The Morgan fingerprint density at radius 3 is 2.52 bits per heavy atom. The van der Waals surface area contributed by atoms with E-state index in [4.69, 9.17) is 0 Å². The van der Waals surface area contributed by atoms with Gasteiger partial charge in [-0.2, -0.15) is 0 Å². The molecule has 1 nitrogen and oxygen atoms in total. The van der Waals surface area contributed by atoms with Gasteiger partial charge in [0.2, 0.25) is 0 Å². The Balaban J connectivity index is 1.58. The van der Waals surface area contributed by atoms with E-state index in [9.17, 15) is 0 Å². The molecule has 1 aliphatic carbocycles. The third-order valence-corrected chi connectivity index (χ3v) is 5.06. The van der Waals surface area contributed by atoms with Crippen molar-refractivity contribution in [1.82, 2.24) is 0 Å². The van der Waals surface area contributed by atoms with Gasteiger partial charge in [0, 0.05) is 28.0 Å². The molecule has 104 valence electrons. The number of rotatable bonds is 3. The number of nitrogens with one attached hydrogen (secondary N) is 1. The van der Waals surface area contributed by atoms with Crippen LogP contribution in [0.3, 0.4) is 0 Å². The normalized spacial score (nSPS) is 16.3. The summed E-state index contributed by atoms with van der Waals surface area (Å²) in [5.74, 6) is 0.642. The highest BCUT2D eigenvalue weighted by atomic mass is 79.9. The van der Waals surface area contributed by atoms with E-state index < -0.39 is 0 Å². The average molecular weight is 338 g/mol. The van der Waals surface area contributed by atoms with Crippen molar-refractivity contribution < 1.29 is 0 Å². The summed E-state index contributed by atoms with van der Waals surface area (Å²) in [6.07, 6.45) is 1.19. The molecular weight excluding hydrogens is 322 g/mol. The van der Waals surface area contributed by atoms with Gasteiger partial charge in [0.25, 0.3) is 0 Å². The summed E-state index contributed by atoms with van der Waals surface area (Å²) in [7, 11) is 0. The molecule has 0 aromatic heterocycles. The van der Waals surface area contributed by atoms with Gasteiger partial charge in [-0.15, -0.1) is 0 Å². The zero-order chi connectivity index (χ0) is 14.2. The van der Waals surface area contributed by atoms with Crippen LogP contribution in [0.1, 0.15) is 17.0 Å². The molecule has 0 aliphatic heterocycles. The summed E-state index contributed by atoms with van der Waals surface area (Å²) in [5.41, 5.74) is 4.23. The first-order valence-electron chi connectivity index (χ1n) is 7.32. The Hall–Kier alpha value is -1.80. The highest BCUT2D eigenvalue weighted by molar-refractivity contribution is 9.10. The fourth-order valence-corrected chi connectivity index (χ4v) is 3.67. The summed E-state index contributed by atoms with van der Waals surface area (Å²) in [6.45, 7) is 1.00. The predicted octanol–water partition coefficient (Wildman–Crippen LogP) is 5.35. The molecule has 0 heterocycles. The monoisotopic (exact) mass is 337 g/mol. The van der Waals surface area contributed by atoms with Gasteiger partial charge in [-0.1, -0.05) is 64.5 Å². The molecule has 1 N–H and O–H groups in total. The van der Waals surface area contributed by atoms with Crippen molar-refractivity contribution in [3.63, 3.8) is 0 Å². The van der Waals surface area contributed by atoms with Crippen LogP contribution in [0.15, 0.2) is 65.1 Å². The van der Waals surface area contributed by atoms with Gasteiger partial charge in [-0.25, -0.2) is 0 Å². The summed E-state index contributed by atoms with van der Waals surface area (Å²) < 4.78 is 1.15. The van der Waals surface area contributed by atoms with Crippen molar-refractivity contribution in [2.45, 2.75) is 12.3 Å². The van der Waals surface area contributed by atoms with Crippen molar-refractivity contribution in [3.8, 4) is 0 Å². The lowest BCUT2D eigenvalue weighted by atomic mass is 9.77. The molecule has 0 bridgehead atoms. The van der Waals surface area contributed by atoms with Crippen molar-refractivity contribution in [3.05, 3.63) is 76.3 Å². The van der Waals surface area contributed by atoms with Crippen LogP contribution in [0.5, 0.6) is 0 Å². The van der Waals surface area contributed by atoms with Gasteiger partial charge >= 0.3 is 0 Å². The lowest BCUT2D eigenvalue weighted by Crippen LogP contribution is -2.24. The van der Waals surface area contributed by atoms with Gasteiger partial charge in [0.05, 0.1) is 0 Å². The first kappa shape index (κ1) is 12.9. The molecule has 4 rings (SSSR count). The molecule has 21 heavy (non-hydrogen) atoms. The predicted molar refractivity (Wildman–Crippen MR) is 93.0 cm³/mol.